The van der Waals surface area contributed by atoms with Crippen molar-refractivity contribution in [2.45, 2.75) is 6.54 Å². The average molecular weight is 386 g/mol. The molecule has 7 nitrogen and oxygen atoms in total. The van der Waals surface area contributed by atoms with Crippen molar-refractivity contribution in [2.75, 3.05) is 10.6 Å². The summed E-state index contributed by atoms with van der Waals surface area (Å²) in [4.78, 5) is 23.6. The number of nitrogens with zero attached hydrogens (tertiary/aromatic N) is 1. The van der Waals surface area contributed by atoms with E-state index in [0.717, 1.165) is 16.8 Å². The first kappa shape index (κ1) is 18.4. The van der Waals surface area contributed by atoms with E-state index in [4.69, 9.17) is 5.73 Å². The van der Waals surface area contributed by atoms with E-state index in [1.807, 2.05) is 54.6 Å². The minimum absolute atomic E-state index is 0.0738. The number of fused-ring (bicyclic) bond motifs is 1. The molecule has 4 N–H and O–H groups in total. The molecule has 0 aromatic heterocycles. The van der Waals surface area contributed by atoms with Gasteiger partial charge >= 0.3 is 0 Å². The smallest absolute Gasteiger partial charge is 0.270 e. The molecule has 0 saturated carbocycles. The number of nitro groups is 1. The summed E-state index contributed by atoms with van der Waals surface area (Å²) < 4.78 is 0. The zero-order chi connectivity index (χ0) is 20.4. The molecule has 0 spiro atoms. The quantitative estimate of drug-likeness (QED) is 0.349. The molecule has 144 valence electrons. The van der Waals surface area contributed by atoms with Crippen LogP contribution in [0.3, 0.4) is 0 Å². The molecule has 3 aromatic carbocycles. The lowest BCUT2D eigenvalue weighted by molar-refractivity contribution is -0.384. The number of para-hydroxylation sites is 1. The molecular formula is C22H18N4O3. The maximum Gasteiger partial charge on any atom is 0.270 e. The zero-order valence-corrected chi connectivity index (χ0v) is 15.4. The number of hydrogen-bond donors (Lipinski definition) is 3. The van der Waals surface area contributed by atoms with Gasteiger partial charge in [0.1, 0.15) is 0 Å². The predicted molar refractivity (Wildman–Crippen MR) is 113 cm³/mol. The van der Waals surface area contributed by atoms with Gasteiger partial charge in [-0.25, -0.2) is 0 Å². The minimum Gasteiger partial charge on any atom is -0.354 e. The van der Waals surface area contributed by atoms with Crippen molar-refractivity contribution in [1.29, 1.82) is 0 Å². The van der Waals surface area contributed by atoms with Crippen LogP contribution in [0.15, 0.2) is 72.8 Å². The van der Waals surface area contributed by atoms with Gasteiger partial charge in [-0.2, -0.15) is 0 Å². The first-order valence-electron chi connectivity index (χ1n) is 9.02. The number of non-ortho nitro benzene ring substituents is 1. The summed E-state index contributed by atoms with van der Waals surface area (Å²) in [6.45, 7) is 0.411. The summed E-state index contributed by atoms with van der Waals surface area (Å²) in [6.07, 6.45) is 0. The highest BCUT2D eigenvalue weighted by Crippen LogP contribution is 2.39. The summed E-state index contributed by atoms with van der Waals surface area (Å²) in [6, 6.07) is 21.3. The molecule has 1 aliphatic rings. The van der Waals surface area contributed by atoms with E-state index in [1.165, 1.54) is 12.1 Å². The number of carbonyl (C=O) groups is 1. The van der Waals surface area contributed by atoms with Crippen LogP contribution in [0.1, 0.15) is 16.7 Å². The molecule has 29 heavy (non-hydrogen) atoms. The number of nitro benzene ring substituents is 1. The van der Waals surface area contributed by atoms with Crippen molar-refractivity contribution in [1.82, 2.24) is 0 Å². The van der Waals surface area contributed by atoms with E-state index in [0.29, 0.717) is 29.1 Å². The lowest BCUT2D eigenvalue weighted by Gasteiger charge is -2.15. The van der Waals surface area contributed by atoms with Gasteiger partial charge in [0.15, 0.2) is 0 Å². The maximum absolute atomic E-state index is 12.8. The summed E-state index contributed by atoms with van der Waals surface area (Å²) in [5.41, 5.74) is 10.1. The van der Waals surface area contributed by atoms with E-state index in [9.17, 15) is 14.9 Å². The van der Waals surface area contributed by atoms with Gasteiger partial charge in [0, 0.05) is 35.6 Å². The summed E-state index contributed by atoms with van der Waals surface area (Å²) in [7, 11) is 0. The second kappa shape index (κ2) is 7.57. The van der Waals surface area contributed by atoms with Gasteiger partial charge < -0.3 is 16.4 Å². The van der Waals surface area contributed by atoms with Crippen LogP contribution in [0, 0.1) is 10.1 Å². The van der Waals surface area contributed by atoms with Crippen LogP contribution in [0.5, 0.6) is 0 Å². The Bertz CT molecular complexity index is 1120. The Balaban J connectivity index is 1.92. The molecule has 0 radical (unpaired) electrons. The summed E-state index contributed by atoms with van der Waals surface area (Å²) in [5, 5.41) is 17.4. The molecule has 0 unspecified atom stereocenters. The van der Waals surface area contributed by atoms with Gasteiger partial charge in [-0.3, -0.25) is 14.9 Å². The van der Waals surface area contributed by atoms with Crippen molar-refractivity contribution < 1.29 is 9.72 Å². The highest BCUT2D eigenvalue weighted by Gasteiger charge is 2.30. The van der Waals surface area contributed by atoms with Crippen LogP contribution in [0.2, 0.25) is 0 Å². The van der Waals surface area contributed by atoms with Crippen molar-refractivity contribution in [3.8, 4) is 0 Å². The van der Waals surface area contributed by atoms with E-state index in [-0.39, 0.29) is 11.6 Å². The molecular weight excluding hydrogens is 368 g/mol. The number of hydrogen-bond acceptors (Lipinski definition) is 5. The number of benzene rings is 3. The standard InChI is InChI=1S/C22H18N4O3/c23-13-14-6-8-15(9-7-14)21(24-16-4-2-1-3-5-16)20-18-12-17(26(28)29)10-11-19(18)25-22(20)27/h1-12,24H,13,23H2,(H,25,27). The number of amides is 1. The molecule has 0 bridgehead atoms. The number of nitrogens with two attached hydrogens (primary N) is 1. The van der Waals surface area contributed by atoms with Gasteiger partial charge in [0.25, 0.3) is 11.6 Å². The van der Waals surface area contributed by atoms with Gasteiger partial charge in [0.05, 0.1) is 16.2 Å². The molecule has 0 aliphatic carbocycles. The number of nitrogens with one attached hydrogen (secondary N) is 2. The molecule has 0 atom stereocenters. The normalized spacial score (nSPS) is 14.2. The van der Waals surface area contributed by atoms with E-state index in [1.54, 1.807) is 6.07 Å². The molecule has 7 heteroatoms. The third-order valence-electron chi connectivity index (χ3n) is 4.73. The topological polar surface area (TPSA) is 110 Å². The first-order chi connectivity index (χ1) is 14.1. The summed E-state index contributed by atoms with van der Waals surface area (Å²) in [5.74, 6) is -0.318. The fraction of sp³-hybridized carbons (Fsp3) is 0.0455. The summed E-state index contributed by atoms with van der Waals surface area (Å²) >= 11 is 0. The van der Waals surface area contributed by atoms with Gasteiger partial charge in [-0.15, -0.1) is 0 Å². The Labute approximate surface area is 167 Å². The molecule has 1 heterocycles. The second-order valence-corrected chi connectivity index (χ2v) is 6.58. The molecule has 3 aromatic rings. The van der Waals surface area contributed by atoms with Gasteiger partial charge in [-0.05, 0) is 29.3 Å². The van der Waals surface area contributed by atoms with Crippen LogP contribution >= 0.6 is 0 Å². The predicted octanol–water partition coefficient (Wildman–Crippen LogP) is 3.99. The molecule has 0 fully saturated rings. The Morgan fingerprint density at radius 2 is 1.76 bits per heavy atom. The zero-order valence-electron chi connectivity index (χ0n) is 15.4. The maximum atomic E-state index is 12.8. The number of anilines is 2. The van der Waals surface area contributed by atoms with Crippen LogP contribution in [-0.4, -0.2) is 10.8 Å². The Kier molecular flexibility index (Phi) is 4.80. The molecule has 4 rings (SSSR count). The number of carbonyl (C=O) groups excluding carboxylic acids is 1. The van der Waals surface area contributed by atoms with Crippen LogP contribution in [0.4, 0.5) is 17.1 Å². The first-order valence-corrected chi connectivity index (χ1v) is 9.02. The van der Waals surface area contributed by atoms with E-state index >= 15 is 0 Å². The highest BCUT2D eigenvalue weighted by molar-refractivity contribution is 6.37. The van der Waals surface area contributed by atoms with Crippen molar-refractivity contribution in [3.05, 3.63) is 99.6 Å². The fourth-order valence-corrected chi connectivity index (χ4v) is 3.27. The lowest BCUT2D eigenvalue weighted by Crippen LogP contribution is -2.10. The van der Waals surface area contributed by atoms with Crippen LogP contribution in [0.25, 0.3) is 11.3 Å². The Morgan fingerprint density at radius 3 is 2.41 bits per heavy atom. The Morgan fingerprint density at radius 1 is 1.03 bits per heavy atom. The second-order valence-electron chi connectivity index (χ2n) is 6.58. The largest absolute Gasteiger partial charge is 0.354 e. The average Bonchev–Trinajstić information content (AvgIpc) is 3.07. The van der Waals surface area contributed by atoms with E-state index < -0.39 is 4.92 Å². The van der Waals surface area contributed by atoms with Gasteiger partial charge in [-0.1, -0.05) is 42.5 Å². The van der Waals surface area contributed by atoms with Crippen LogP contribution in [-0.2, 0) is 11.3 Å². The minimum atomic E-state index is -0.471. The van der Waals surface area contributed by atoms with E-state index in [2.05, 4.69) is 10.6 Å². The fourth-order valence-electron chi connectivity index (χ4n) is 3.27. The Hall–Kier alpha value is -3.97. The van der Waals surface area contributed by atoms with Gasteiger partial charge in [0.2, 0.25) is 0 Å². The third kappa shape index (κ3) is 3.59. The van der Waals surface area contributed by atoms with Crippen molar-refractivity contribution >= 4 is 34.2 Å². The number of rotatable bonds is 5. The highest BCUT2D eigenvalue weighted by atomic mass is 16.6. The van der Waals surface area contributed by atoms with Crippen molar-refractivity contribution in [3.63, 3.8) is 0 Å². The lowest BCUT2D eigenvalue weighted by atomic mass is 9.99. The van der Waals surface area contributed by atoms with Crippen LogP contribution < -0.4 is 16.4 Å². The molecule has 1 amide bonds. The third-order valence-corrected chi connectivity index (χ3v) is 4.73. The molecule has 1 aliphatic heterocycles. The molecule has 0 saturated heterocycles. The SMILES string of the molecule is NCc1ccc(C(Nc2ccccc2)=C2C(=O)Nc3ccc([N+](=O)[O-])cc32)cc1. The van der Waals surface area contributed by atoms with Crippen molar-refractivity contribution in [2.24, 2.45) is 5.73 Å². The monoisotopic (exact) mass is 386 g/mol.